The van der Waals surface area contributed by atoms with E-state index in [9.17, 15) is 4.79 Å². The van der Waals surface area contributed by atoms with Crippen molar-refractivity contribution in [1.29, 1.82) is 0 Å². The third-order valence-electron chi connectivity index (χ3n) is 4.88. The molecule has 4 nitrogen and oxygen atoms in total. The van der Waals surface area contributed by atoms with E-state index >= 15 is 0 Å². The van der Waals surface area contributed by atoms with E-state index in [0.29, 0.717) is 5.02 Å². The Hall–Kier alpha value is -0.810. The lowest BCUT2D eigenvalue weighted by atomic mass is 10.1. The van der Waals surface area contributed by atoms with Crippen molar-refractivity contribution in [3.8, 4) is 0 Å². The number of hydrogen-bond acceptors (Lipinski definition) is 2. The van der Waals surface area contributed by atoms with Gasteiger partial charge in [0.1, 0.15) is 0 Å². The highest BCUT2D eigenvalue weighted by atomic mass is 35.5. The maximum Gasteiger partial charge on any atom is 0.282 e. The van der Waals surface area contributed by atoms with Crippen molar-refractivity contribution in [1.82, 2.24) is 4.90 Å². The van der Waals surface area contributed by atoms with E-state index in [1.54, 1.807) is 6.07 Å². The van der Waals surface area contributed by atoms with Crippen LogP contribution in [0.1, 0.15) is 6.92 Å². The van der Waals surface area contributed by atoms with E-state index in [2.05, 4.69) is 17.1 Å². The van der Waals surface area contributed by atoms with Gasteiger partial charge in [0.15, 0.2) is 6.04 Å². The molecule has 0 saturated carbocycles. The molecule has 1 aromatic carbocycles. The van der Waals surface area contributed by atoms with E-state index < -0.39 is 0 Å². The van der Waals surface area contributed by atoms with Gasteiger partial charge in [0, 0.05) is 30.3 Å². The summed E-state index contributed by atoms with van der Waals surface area (Å²) in [6, 6.07) is 7.34. The Morgan fingerprint density at radius 1 is 1.29 bits per heavy atom. The van der Waals surface area contributed by atoms with Gasteiger partial charge in [-0.15, -0.1) is 0 Å². The topological polar surface area (TPSA) is 32.3 Å². The van der Waals surface area contributed by atoms with Gasteiger partial charge in [-0.3, -0.25) is 9.69 Å². The molecule has 3 heterocycles. The van der Waals surface area contributed by atoms with Gasteiger partial charge in [-0.25, -0.2) is 0 Å². The molecule has 3 fully saturated rings. The largest absolute Gasteiger partial charge is 1.00 e. The molecule has 0 radical (unpaired) electrons. The Morgan fingerprint density at radius 2 is 1.90 bits per heavy atom. The van der Waals surface area contributed by atoms with Gasteiger partial charge < -0.3 is 22.2 Å². The number of carbonyl (C=O) groups excluding carboxylic acids is 1. The molecular weight excluding hydrogens is 309 g/mol. The van der Waals surface area contributed by atoms with Crippen molar-refractivity contribution >= 4 is 23.2 Å². The van der Waals surface area contributed by atoms with Gasteiger partial charge in [-0.1, -0.05) is 17.7 Å². The number of carbonyl (C=O) groups is 1. The lowest BCUT2D eigenvalue weighted by Crippen LogP contribution is -3.00. The van der Waals surface area contributed by atoms with Crippen molar-refractivity contribution in [3.63, 3.8) is 0 Å². The molecule has 0 aliphatic carbocycles. The van der Waals surface area contributed by atoms with Crippen molar-refractivity contribution in [3.05, 3.63) is 29.3 Å². The highest BCUT2D eigenvalue weighted by molar-refractivity contribution is 6.30. The second kappa shape index (κ2) is 6.53. The molecule has 3 saturated heterocycles. The summed E-state index contributed by atoms with van der Waals surface area (Å²) in [5.41, 5.74) is 0.781. The minimum absolute atomic E-state index is 0. The number of fused-ring (bicyclic) bond motifs is 3. The fourth-order valence-electron chi connectivity index (χ4n) is 3.34. The van der Waals surface area contributed by atoms with E-state index in [1.165, 1.54) is 0 Å². The van der Waals surface area contributed by atoms with Crippen molar-refractivity contribution in [2.75, 3.05) is 44.6 Å². The van der Waals surface area contributed by atoms with Crippen LogP contribution in [0.3, 0.4) is 0 Å². The Bertz CT molecular complexity index is 502. The summed E-state index contributed by atoms with van der Waals surface area (Å²) in [6.45, 7) is 8.68. The summed E-state index contributed by atoms with van der Waals surface area (Å²) in [6.07, 6.45) is 0. The minimum Gasteiger partial charge on any atom is -1.00 e. The number of benzene rings is 1. The zero-order valence-electron chi connectivity index (χ0n) is 12.2. The summed E-state index contributed by atoms with van der Waals surface area (Å²) in [7, 11) is 0. The lowest BCUT2D eigenvalue weighted by molar-refractivity contribution is -0.953. The third-order valence-corrected chi connectivity index (χ3v) is 5.11. The Morgan fingerprint density at radius 3 is 2.48 bits per heavy atom. The number of anilines is 1. The first-order valence-corrected chi connectivity index (χ1v) is 7.61. The Labute approximate surface area is 137 Å². The number of piperazine rings is 3. The van der Waals surface area contributed by atoms with Crippen LogP contribution in [0.4, 0.5) is 5.69 Å². The molecule has 6 heteroatoms. The number of hydrogen-bond donors (Lipinski definition) is 1. The maximum atomic E-state index is 12.5. The minimum atomic E-state index is -0.00330. The highest BCUT2D eigenvalue weighted by Gasteiger charge is 2.45. The van der Waals surface area contributed by atoms with Gasteiger partial charge in [0.2, 0.25) is 0 Å². The summed E-state index contributed by atoms with van der Waals surface area (Å²) in [5.74, 6) is 0.0996. The van der Waals surface area contributed by atoms with E-state index in [0.717, 1.165) is 49.4 Å². The number of nitrogens with zero attached hydrogens (tertiary/aromatic N) is 2. The molecule has 116 valence electrons. The maximum absolute atomic E-state index is 12.5. The van der Waals surface area contributed by atoms with Crippen LogP contribution >= 0.6 is 11.6 Å². The molecule has 2 bridgehead atoms. The number of amides is 1. The van der Waals surface area contributed by atoms with Crippen LogP contribution in [0.15, 0.2) is 24.3 Å². The van der Waals surface area contributed by atoms with Crippen molar-refractivity contribution in [2.45, 2.75) is 13.0 Å². The second-order valence-corrected chi connectivity index (χ2v) is 6.34. The standard InChI is InChI=1S/C15H20ClN3O.ClH/c1-12(19-8-5-18(6-9-19)7-10-19)15(20)17-14-4-2-3-13(16)11-14;/h2-4,11-12H,5-10H2,1H3;1H. The van der Waals surface area contributed by atoms with Crippen LogP contribution < -0.4 is 17.7 Å². The molecule has 1 unspecified atom stereocenters. The van der Waals surface area contributed by atoms with Gasteiger partial charge in [0.05, 0.1) is 19.6 Å². The van der Waals surface area contributed by atoms with Gasteiger partial charge in [0.25, 0.3) is 5.91 Å². The second-order valence-electron chi connectivity index (χ2n) is 5.91. The zero-order valence-corrected chi connectivity index (χ0v) is 13.7. The molecule has 3 aliphatic heterocycles. The fourth-order valence-corrected chi connectivity index (χ4v) is 3.53. The molecule has 0 spiro atoms. The quantitative estimate of drug-likeness (QED) is 0.708. The molecule has 0 aromatic heterocycles. The van der Waals surface area contributed by atoms with Gasteiger partial charge in [-0.2, -0.15) is 0 Å². The van der Waals surface area contributed by atoms with Crippen LogP contribution in [0.25, 0.3) is 0 Å². The summed E-state index contributed by atoms with van der Waals surface area (Å²) in [4.78, 5) is 15.0. The lowest BCUT2D eigenvalue weighted by Gasteiger charge is -2.52. The SMILES string of the molecule is CC(C(=O)Nc1cccc(Cl)c1)[N+]12CCN(CC1)CC2.[Cl-]. The molecular formula is C15H21Cl2N3O. The molecule has 1 amide bonds. The molecule has 1 atom stereocenters. The summed E-state index contributed by atoms with van der Waals surface area (Å²) < 4.78 is 0.933. The van der Waals surface area contributed by atoms with Gasteiger partial charge >= 0.3 is 0 Å². The summed E-state index contributed by atoms with van der Waals surface area (Å²) in [5, 5.41) is 3.65. The number of halogens is 2. The van der Waals surface area contributed by atoms with E-state index in [-0.39, 0.29) is 24.4 Å². The molecule has 1 N–H and O–H groups in total. The third kappa shape index (κ3) is 3.34. The van der Waals surface area contributed by atoms with Crippen LogP contribution in [0, 0.1) is 0 Å². The predicted molar refractivity (Wildman–Crippen MR) is 80.8 cm³/mol. The summed E-state index contributed by atoms with van der Waals surface area (Å²) >= 11 is 5.96. The number of nitrogens with one attached hydrogen (secondary N) is 1. The fraction of sp³-hybridized carbons (Fsp3) is 0.533. The average molecular weight is 330 g/mol. The monoisotopic (exact) mass is 329 g/mol. The van der Waals surface area contributed by atoms with Crippen molar-refractivity contribution in [2.24, 2.45) is 0 Å². The average Bonchev–Trinajstić information content (AvgIpc) is 2.48. The first kappa shape index (κ1) is 16.6. The Kier molecular flexibility index (Phi) is 5.15. The first-order valence-electron chi connectivity index (χ1n) is 7.24. The predicted octanol–water partition coefficient (Wildman–Crippen LogP) is -1.18. The van der Waals surface area contributed by atoms with Crippen LogP contribution in [0.5, 0.6) is 0 Å². The highest BCUT2D eigenvalue weighted by Crippen LogP contribution is 2.24. The van der Waals surface area contributed by atoms with Crippen molar-refractivity contribution < 1.29 is 21.7 Å². The van der Waals surface area contributed by atoms with E-state index in [4.69, 9.17) is 11.6 Å². The van der Waals surface area contributed by atoms with Crippen LogP contribution in [-0.2, 0) is 4.79 Å². The van der Waals surface area contributed by atoms with Crippen LogP contribution in [0.2, 0.25) is 5.02 Å². The normalized spacial score (nSPS) is 28.6. The molecule has 3 aliphatic rings. The van der Waals surface area contributed by atoms with E-state index in [1.807, 2.05) is 18.2 Å². The molecule has 21 heavy (non-hydrogen) atoms. The molecule has 4 rings (SSSR count). The first-order chi connectivity index (χ1) is 9.59. The zero-order chi connectivity index (χ0) is 14.2. The number of quaternary nitrogens is 1. The smallest absolute Gasteiger partial charge is 0.282 e. The van der Waals surface area contributed by atoms with Gasteiger partial charge in [-0.05, 0) is 25.1 Å². The number of rotatable bonds is 3. The van der Waals surface area contributed by atoms with Crippen LogP contribution in [-0.4, -0.2) is 60.6 Å². The molecule has 1 aromatic rings. The Balaban J connectivity index is 0.00000161.